The molecule has 6 nitrogen and oxygen atoms in total. The van der Waals surface area contributed by atoms with Crippen molar-refractivity contribution < 1.29 is 14.3 Å². The predicted octanol–water partition coefficient (Wildman–Crippen LogP) is 3.13. The summed E-state index contributed by atoms with van der Waals surface area (Å²) < 4.78 is 12.1. The van der Waals surface area contributed by atoms with Gasteiger partial charge in [0.25, 0.3) is 0 Å². The number of esters is 1. The number of hydrogen-bond donors (Lipinski definition) is 1. The zero-order valence-electron chi connectivity index (χ0n) is 15.5. The molecule has 1 saturated heterocycles. The number of carbonyl (C=O) groups is 1. The average Bonchev–Trinajstić information content (AvgIpc) is 2.63. The molecule has 0 bridgehead atoms. The Balaban J connectivity index is 1.74. The van der Waals surface area contributed by atoms with Gasteiger partial charge in [-0.25, -0.2) is 9.78 Å². The van der Waals surface area contributed by atoms with Gasteiger partial charge in [0, 0.05) is 29.8 Å². The van der Waals surface area contributed by atoms with Gasteiger partial charge >= 0.3 is 5.97 Å². The van der Waals surface area contributed by atoms with Gasteiger partial charge in [0.2, 0.25) is 0 Å². The van der Waals surface area contributed by atoms with Crippen LogP contribution in [0.25, 0.3) is 0 Å². The lowest BCUT2D eigenvalue weighted by atomic mass is 9.88. The summed E-state index contributed by atoms with van der Waals surface area (Å²) in [5, 5.41) is 0. The highest BCUT2D eigenvalue weighted by Gasteiger charge is 2.33. The Morgan fingerprint density at radius 3 is 2.92 bits per heavy atom. The Morgan fingerprint density at radius 2 is 2.19 bits per heavy atom. The Hall–Kier alpha value is -1.18. The van der Waals surface area contributed by atoms with Crippen LogP contribution in [0.2, 0.25) is 0 Å². The maximum Gasteiger partial charge on any atom is 0.341 e. The molecule has 1 saturated carbocycles. The molecule has 1 aromatic heterocycles. The van der Waals surface area contributed by atoms with Gasteiger partial charge in [-0.1, -0.05) is 19.8 Å². The molecule has 0 radical (unpaired) electrons. The summed E-state index contributed by atoms with van der Waals surface area (Å²) in [6.07, 6.45) is 7.47. The van der Waals surface area contributed by atoms with Gasteiger partial charge in [-0.3, -0.25) is 0 Å². The Bertz CT molecular complexity index is 642. The highest BCUT2D eigenvalue weighted by molar-refractivity contribution is 9.10. The molecule has 2 N–H and O–H groups in total. The molecule has 0 spiro atoms. The number of hydrogen-bond acceptors (Lipinski definition) is 6. The van der Waals surface area contributed by atoms with Crippen molar-refractivity contribution in [2.24, 2.45) is 11.7 Å². The van der Waals surface area contributed by atoms with Crippen LogP contribution in [0.15, 0.2) is 16.7 Å². The number of nitrogens with zero attached hydrogens (tertiary/aromatic N) is 2. The van der Waals surface area contributed by atoms with Crippen molar-refractivity contribution in [2.75, 3.05) is 25.1 Å². The molecule has 0 amide bonds. The summed E-state index contributed by atoms with van der Waals surface area (Å²) in [5.74, 6) is 0.962. The number of nitrogens with two attached hydrogens (primary N) is 1. The molecule has 2 heterocycles. The number of methoxy groups -OCH3 is 1. The van der Waals surface area contributed by atoms with Gasteiger partial charge in [0.15, 0.2) is 0 Å². The van der Waals surface area contributed by atoms with Crippen LogP contribution in [0.1, 0.15) is 49.4 Å². The first-order chi connectivity index (χ1) is 12.5. The van der Waals surface area contributed by atoms with Crippen LogP contribution in [0.4, 0.5) is 5.82 Å². The van der Waals surface area contributed by atoms with Gasteiger partial charge in [0.05, 0.1) is 19.3 Å². The molecule has 1 aromatic rings. The highest BCUT2D eigenvalue weighted by Crippen LogP contribution is 2.30. The van der Waals surface area contributed by atoms with Gasteiger partial charge in [-0.15, -0.1) is 0 Å². The second kappa shape index (κ2) is 8.67. The van der Waals surface area contributed by atoms with Crippen LogP contribution < -0.4 is 10.6 Å². The number of piperidine rings is 1. The van der Waals surface area contributed by atoms with E-state index in [1.165, 1.54) is 20.0 Å². The maximum absolute atomic E-state index is 12.2. The molecular weight excluding hydrogens is 398 g/mol. The summed E-state index contributed by atoms with van der Waals surface area (Å²) >= 11 is 3.38. The number of rotatable bonds is 4. The Morgan fingerprint density at radius 1 is 1.38 bits per heavy atom. The third kappa shape index (κ3) is 4.56. The number of ether oxygens (including phenoxy) is 2. The summed E-state index contributed by atoms with van der Waals surface area (Å²) in [4.78, 5) is 18.7. The number of aromatic nitrogens is 1. The van der Waals surface area contributed by atoms with Crippen LogP contribution in [0, 0.1) is 5.92 Å². The molecule has 1 aliphatic heterocycles. The second-order valence-electron chi connectivity index (χ2n) is 7.48. The van der Waals surface area contributed by atoms with Gasteiger partial charge < -0.3 is 20.1 Å². The lowest BCUT2D eigenvalue weighted by Gasteiger charge is -2.40. The smallest absolute Gasteiger partial charge is 0.341 e. The molecule has 0 aromatic carbocycles. The first kappa shape index (κ1) is 19.6. The first-order valence-corrected chi connectivity index (χ1v) is 10.2. The van der Waals surface area contributed by atoms with E-state index in [0.29, 0.717) is 23.8 Å². The monoisotopic (exact) mass is 425 g/mol. The van der Waals surface area contributed by atoms with Crippen molar-refractivity contribution in [1.82, 2.24) is 4.98 Å². The summed E-state index contributed by atoms with van der Waals surface area (Å²) in [5.41, 5.74) is 6.81. The van der Waals surface area contributed by atoms with Crippen molar-refractivity contribution in [2.45, 2.75) is 57.3 Å². The van der Waals surface area contributed by atoms with Crippen LogP contribution in [0.5, 0.6) is 0 Å². The Labute approximate surface area is 163 Å². The summed E-state index contributed by atoms with van der Waals surface area (Å²) in [6.45, 7) is 3.68. The van der Waals surface area contributed by atoms with E-state index in [4.69, 9.17) is 15.2 Å². The number of anilines is 1. The normalized spacial score (nSPS) is 29.5. The van der Waals surface area contributed by atoms with Gasteiger partial charge in [-0.05, 0) is 47.2 Å². The van der Waals surface area contributed by atoms with E-state index >= 15 is 0 Å². The molecule has 3 rings (SSSR count). The minimum Gasteiger partial charge on any atom is -0.465 e. The molecule has 4 atom stereocenters. The largest absolute Gasteiger partial charge is 0.465 e. The fraction of sp³-hybridized carbons (Fsp3) is 0.684. The van der Waals surface area contributed by atoms with E-state index in [2.05, 4.69) is 32.7 Å². The van der Waals surface area contributed by atoms with Gasteiger partial charge in [0.1, 0.15) is 11.4 Å². The van der Waals surface area contributed by atoms with Crippen LogP contribution >= 0.6 is 15.9 Å². The average molecular weight is 426 g/mol. The quantitative estimate of drug-likeness (QED) is 0.746. The summed E-state index contributed by atoms with van der Waals surface area (Å²) in [6, 6.07) is 1.77. The third-order valence-electron chi connectivity index (χ3n) is 5.40. The standard InChI is InChI=1S/C19H28BrN3O3/c1-12-4-3-5-14(8-12)26-17-11-23(7-6-16(17)21)18-15(19(24)25-2)9-13(20)10-22-18/h9-10,12,14,16-17H,3-8,11,21H2,1-2H3. The van der Waals surface area contributed by atoms with E-state index in [9.17, 15) is 4.79 Å². The van der Waals surface area contributed by atoms with E-state index in [-0.39, 0.29) is 24.2 Å². The molecular formula is C19H28BrN3O3. The highest BCUT2D eigenvalue weighted by atomic mass is 79.9. The third-order valence-corrected chi connectivity index (χ3v) is 5.84. The zero-order chi connectivity index (χ0) is 18.7. The SMILES string of the molecule is COC(=O)c1cc(Br)cnc1N1CCC(N)C(OC2CCCC(C)C2)C1. The first-order valence-electron chi connectivity index (χ1n) is 9.37. The van der Waals surface area contributed by atoms with Crippen LogP contribution in [-0.4, -0.2) is 49.4 Å². The predicted molar refractivity (Wildman–Crippen MR) is 104 cm³/mol. The topological polar surface area (TPSA) is 77.7 Å². The molecule has 4 unspecified atom stereocenters. The van der Waals surface area contributed by atoms with E-state index in [0.717, 1.165) is 30.3 Å². The Kier molecular flexibility index (Phi) is 6.53. The van der Waals surface area contributed by atoms with E-state index in [1.54, 1.807) is 12.3 Å². The molecule has 2 aliphatic rings. The van der Waals surface area contributed by atoms with Crippen molar-refractivity contribution >= 4 is 27.7 Å². The minimum absolute atomic E-state index is 0.0144. The van der Waals surface area contributed by atoms with Gasteiger partial charge in [-0.2, -0.15) is 0 Å². The number of carbonyl (C=O) groups excluding carboxylic acids is 1. The van der Waals surface area contributed by atoms with Crippen molar-refractivity contribution in [3.05, 3.63) is 22.3 Å². The van der Waals surface area contributed by atoms with E-state index < -0.39 is 0 Å². The minimum atomic E-state index is -0.387. The lowest BCUT2D eigenvalue weighted by Crippen LogP contribution is -2.53. The van der Waals surface area contributed by atoms with Crippen molar-refractivity contribution in [1.29, 1.82) is 0 Å². The maximum atomic E-state index is 12.2. The fourth-order valence-electron chi connectivity index (χ4n) is 3.96. The van der Waals surface area contributed by atoms with Crippen molar-refractivity contribution in [3.63, 3.8) is 0 Å². The zero-order valence-corrected chi connectivity index (χ0v) is 17.1. The molecule has 1 aliphatic carbocycles. The number of halogens is 1. The van der Waals surface area contributed by atoms with Crippen LogP contribution in [-0.2, 0) is 9.47 Å². The molecule has 2 fully saturated rings. The summed E-state index contributed by atoms with van der Waals surface area (Å²) in [7, 11) is 1.38. The second-order valence-corrected chi connectivity index (χ2v) is 8.40. The molecule has 144 valence electrons. The van der Waals surface area contributed by atoms with Crippen LogP contribution in [0.3, 0.4) is 0 Å². The van der Waals surface area contributed by atoms with Crippen molar-refractivity contribution in [3.8, 4) is 0 Å². The van der Waals surface area contributed by atoms with E-state index in [1.807, 2.05) is 0 Å². The molecule has 7 heteroatoms. The lowest BCUT2D eigenvalue weighted by molar-refractivity contribution is -0.0510. The fourth-order valence-corrected chi connectivity index (χ4v) is 4.30. The number of pyridine rings is 1. The molecule has 26 heavy (non-hydrogen) atoms.